The molecule has 1 aromatic rings. The van der Waals surface area contributed by atoms with Crippen LogP contribution in [0.2, 0.25) is 0 Å². The highest BCUT2D eigenvalue weighted by molar-refractivity contribution is 8.01. The molecule has 0 aliphatic carbocycles. The number of amides is 1. The molecule has 5 heteroatoms. The van der Waals surface area contributed by atoms with Crippen molar-refractivity contribution in [2.24, 2.45) is 0 Å². The number of aliphatic hydroxyl groups excluding tert-OH is 1. The van der Waals surface area contributed by atoms with Gasteiger partial charge in [-0.05, 0) is 6.07 Å². The second kappa shape index (κ2) is 7.59. The first-order valence-electron chi connectivity index (χ1n) is 5.98. The van der Waals surface area contributed by atoms with E-state index in [2.05, 4.69) is 37.9 Å². The van der Waals surface area contributed by atoms with Gasteiger partial charge in [-0.3, -0.25) is 4.79 Å². The lowest BCUT2D eigenvalue weighted by Gasteiger charge is -2.16. The lowest BCUT2D eigenvalue weighted by molar-refractivity contribution is -0.118. The zero-order valence-electron chi connectivity index (χ0n) is 11.4. The van der Waals surface area contributed by atoms with Gasteiger partial charge in [-0.25, -0.2) is 0 Å². The van der Waals surface area contributed by atoms with Crippen molar-refractivity contribution in [3.8, 4) is 11.8 Å². The minimum atomic E-state index is -0.133. The standard InChI is InChI=1S/C14H19NO2S2/c1-14(2,3)19-10-13(17)15-8-12-7-11(9-18-12)5-4-6-16/h7,9,16H,6,8,10H2,1-3H3,(H,15,17). The van der Waals surface area contributed by atoms with Gasteiger partial charge in [0.1, 0.15) is 6.61 Å². The van der Waals surface area contributed by atoms with Gasteiger partial charge in [0, 0.05) is 20.6 Å². The van der Waals surface area contributed by atoms with Crippen LogP contribution in [-0.2, 0) is 11.3 Å². The van der Waals surface area contributed by atoms with Crippen molar-refractivity contribution in [3.05, 3.63) is 21.9 Å². The number of nitrogens with one attached hydrogen (secondary N) is 1. The third-order valence-corrected chi connectivity index (χ3v) is 4.27. The Labute approximate surface area is 122 Å². The molecule has 0 saturated carbocycles. The normalized spacial score (nSPS) is 10.7. The van der Waals surface area contributed by atoms with Crippen molar-refractivity contribution in [1.82, 2.24) is 5.32 Å². The Kier molecular flexibility index (Phi) is 6.43. The molecule has 0 unspecified atom stereocenters. The van der Waals surface area contributed by atoms with Crippen LogP contribution in [0.5, 0.6) is 0 Å². The van der Waals surface area contributed by atoms with Crippen molar-refractivity contribution < 1.29 is 9.90 Å². The highest BCUT2D eigenvalue weighted by Gasteiger charge is 2.13. The van der Waals surface area contributed by atoms with Crippen LogP contribution in [0.1, 0.15) is 31.2 Å². The van der Waals surface area contributed by atoms with Gasteiger partial charge >= 0.3 is 0 Å². The van der Waals surface area contributed by atoms with Crippen LogP contribution in [0.15, 0.2) is 11.4 Å². The molecule has 0 radical (unpaired) electrons. The summed E-state index contributed by atoms with van der Waals surface area (Å²) in [5, 5.41) is 13.4. The van der Waals surface area contributed by atoms with E-state index in [1.807, 2.05) is 11.4 Å². The third kappa shape index (κ3) is 7.26. The summed E-state index contributed by atoms with van der Waals surface area (Å²) in [5.74, 6) is 5.97. The van der Waals surface area contributed by atoms with Gasteiger partial charge in [-0.1, -0.05) is 32.6 Å². The zero-order valence-corrected chi connectivity index (χ0v) is 13.1. The van der Waals surface area contributed by atoms with Crippen LogP contribution in [0.4, 0.5) is 0 Å². The van der Waals surface area contributed by atoms with Gasteiger partial charge < -0.3 is 10.4 Å². The van der Waals surface area contributed by atoms with Crippen LogP contribution < -0.4 is 5.32 Å². The Morgan fingerprint density at radius 3 is 2.89 bits per heavy atom. The molecule has 0 bridgehead atoms. The second-order valence-electron chi connectivity index (χ2n) is 4.94. The van der Waals surface area contributed by atoms with E-state index in [1.165, 1.54) is 0 Å². The van der Waals surface area contributed by atoms with Crippen molar-refractivity contribution in [3.63, 3.8) is 0 Å². The first-order chi connectivity index (χ1) is 8.90. The van der Waals surface area contributed by atoms with E-state index < -0.39 is 0 Å². The number of hydrogen-bond donors (Lipinski definition) is 2. The number of thioether (sulfide) groups is 1. The summed E-state index contributed by atoms with van der Waals surface area (Å²) < 4.78 is 0.104. The predicted octanol–water partition coefficient (Wildman–Crippen LogP) is 2.24. The molecule has 0 saturated heterocycles. The van der Waals surface area contributed by atoms with E-state index in [0.717, 1.165) is 10.4 Å². The monoisotopic (exact) mass is 297 g/mol. The van der Waals surface area contributed by atoms with E-state index in [0.29, 0.717) is 12.3 Å². The smallest absolute Gasteiger partial charge is 0.230 e. The van der Waals surface area contributed by atoms with Crippen molar-refractivity contribution in [2.45, 2.75) is 32.1 Å². The predicted molar refractivity (Wildman–Crippen MR) is 82.3 cm³/mol. The largest absolute Gasteiger partial charge is 0.384 e. The van der Waals surface area contributed by atoms with Crippen molar-refractivity contribution in [2.75, 3.05) is 12.4 Å². The number of carbonyl (C=O) groups excluding carboxylic acids is 1. The van der Waals surface area contributed by atoms with Crippen LogP contribution in [0, 0.1) is 11.8 Å². The molecule has 2 N–H and O–H groups in total. The number of thiophene rings is 1. The molecule has 1 heterocycles. The van der Waals surface area contributed by atoms with Crippen LogP contribution >= 0.6 is 23.1 Å². The minimum Gasteiger partial charge on any atom is -0.384 e. The number of aliphatic hydroxyl groups is 1. The van der Waals surface area contributed by atoms with E-state index >= 15 is 0 Å². The summed E-state index contributed by atoms with van der Waals surface area (Å²) in [6, 6.07) is 1.94. The van der Waals surface area contributed by atoms with Gasteiger partial charge in [-0.15, -0.1) is 23.1 Å². The number of carbonyl (C=O) groups is 1. The first kappa shape index (κ1) is 16.1. The maximum absolute atomic E-state index is 11.7. The Balaban J connectivity index is 2.36. The van der Waals surface area contributed by atoms with Crippen molar-refractivity contribution in [1.29, 1.82) is 0 Å². The fraction of sp³-hybridized carbons (Fsp3) is 0.500. The molecule has 1 aromatic heterocycles. The molecule has 0 fully saturated rings. The summed E-state index contributed by atoms with van der Waals surface area (Å²) >= 11 is 3.19. The quantitative estimate of drug-likeness (QED) is 0.838. The first-order valence-corrected chi connectivity index (χ1v) is 7.85. The summed E-state index contributed by atoms with van der Waals surface area (Å²) in [4.78, 5) is 12.7. The molecule has 3 nitrogen and oxygen atoms in total. The van der Waals surface area contributed by atoms with Crippen LogP contribution in [0.3, 0.4) is 0 Å². The lowest BCUT2D eigenvalue weighted by Crippen LogP contribution is -2.26. The molecule has 0 atom stereocenters. The molecule has 0 aliphatic heterocycles. The average molecular weight is 297 g/mol. The van der Waals surface area contributed by atoms with E-state index in [-0.39, 0.29) is 17.3 Å². The molecule has 104 valence electrons. The third-order valence-electron chi connectivity index (χ3n) is 2.06. The highest BCUT2D eigenvalue weighted by Crippen LogP contribution is 2.22. The number of rotatable bonds is 4. The molecule has 0 aromatic carbocycles. The van der Waals surface area contributed by atoms with Crippen LogP contribution in [-0.4, -0.2) is 28.1 Å². The molecule has 19 heavy (non-hydrogen) atoms. The maximum Gasteiger partial charge on any atom is 0.230 e. The van der Waals surface area contributed by atoms with Crippen molar-refractivity contribution >= 4 is 29.0 Å². The minimum absolute atomic E-state index is 0.0521. The van der Waals surface area contributed by atoms with Gasteiger partial charge in [0.2, 0.25) is 5.91 Å². The second-order valence-corrected chi connectivity index (χ2v) is 7.74. The van der Waals surface area contributed by atoms with E-state index in [9.17, 15) is 4.79 Å². The number of hydrogen-bond acceptors (Lipinski definition) is 4. The van der Waals surface area contributed by atoms with E-state index in [1.54, 1.807) is 23.1 Å². The lowest BCUT2D eigenvalue weighted by atomic mass is 10.3. The topological polar surface area (TPSA) is 49.3 Å². The fourth-order valence-corrected chi connectivity index (χ4v) is 2.62. The molecule has 0 aliphatic rings. The van der Waals surface area contributed by atoms with Gasteiger partial charge in [0.05, 0.1) is 12.3 Å². The highest BCUT2D eigenvalue weighted by atomic mass is 32.2. The molecular weight excluding hydrogens is 278 g/mol. The summed E-state index contributed by atoms with van der Waals surface area (Å²) in [6.45, 7) is 6.68. The summed E-state index contributed by atoms with van der Waals surface area (Å²) in [6.07, 6.45) is 0. The van der Waals surface area contributed by atoms with Gasteiger partial charge in [-0.2, -0.15) is 0 Å². The molecule has 1 amide bonds. The SMILES string of the molecule is CC(C)(C)SCC(=O)NCc1cc(C#CCO)cs1. The van der Waals surface area contributed by atoms with Gasteiger partial charge in [0.25, 0.3) is 0 Å². The average Bonchev–Trinajstić information content (AvgIpc) is 2.78. The molecular formula is C14H19NO2S2. The maximum atomic E-state index is 11.7. The summed E-state index contributed by atoms with van der Waals surface area (Å²) in [7, 11) is 0. The molecule has 0 spiro atoms. The van der Waals surface area contributed by atoms with Crippen LogP contribution in [0.25, 0.3) is 0 Å². The Bertz CT molecular complexity index is 478. The molecule has 1 rings (SSSR count). The fourth-order valence-electron chi connectivity index (χ4n) is 1.20. The Hall–Kier alpha value is -0.960. The van der Waals surface area contributed by atoms with Gasteiger partial charge in [0.15, 0.2) is 0 Å². The zero-order chi connectivity index (χ0) is 14.3. The summed E-state index contributed by atoms with van der Waals surface area (Å²) in [5.41, 5.74) is 0.882. The Morgan fingerprint density at radius 2 is 2.26 bits per heavy atom. The van der Waals surface area contributed by atoms with E-state index in [4.69, 9.17) is 5.11 Å². The Morgan fingerprint density at radius 1 is 1.53 bits per heavy atom.